The summed E-state index contributed by atoms with van der Waals surface area (Å²) in [4.78, 5) is 0. The molecule has 0 amide bonds. The van der Waals surface area contributed by atoms with Crippen LogP contribution in [0.3, 0.4) is 0 Å². The van der Waals surface area contributed by atoms with E-state index < -0.39 is 22.9 Å². The van der Waals surface area contributed by atoms with E-state index in [4.69, 9.17) is 9.47 Å². The Morgan fingerprint density at radius 3 is 2.17 bits per heavy atom. The molecule has 2 aromatic rings. The summed E-state index contributed by atoms with van der Waals surface area (Å²) in [6.45, 7) is 0. The van der Waals surface area contributed by atoms with Gasteiger partial charge in [-0.3, -0.25) is 0 Å². The fourth-order valence-electron chi connectivity index (χ4n) is 5.04. The quantitative estimate of drug-likeness (QED) is 0.916. The lowest BCUT2D eigenvalue weighted by Gasteiger charge is -2.69. The van der Waals surface area contributed by atoms with Crippen LogP contribution in [0.15, 0.2) is 73.0 Å². The van der Waals surface area contributed by atoms with Crippen molar-refractivity contribution in [1.82, 2.24) is 0 Å². The minimum atomic E-state index is -0.740. The van der Waals surface area contributed by atoms with Gasteiger partial charge in [-0.2, -0.15) is 0 Å². The number of hydrogen-bond acceptors (Lipinski definition) is 3. The maximum absolute atomic E-state index is 11.1. The first-order valence-corrected chi connectivity index (χ1v) is 8.60. The van der Waals surface area contributed by atoms with Gasteiger partial charge < -0.3 is 14.6 Å². The summed E-state index contributed by atoms with van der Waals surface area (Å²) in [6, 6.07) is 20.4. The van der Waals surface area contributed by atoms with E-state index in [9.17, 15) is 5.11 Å². The van der Waals surface area contributed by atoms with Crippen molar-refractivity contribution in [1.29, 1.82) is 0 Å². The number of aliphatic hydroxyl groups excluding tert-OH is 1. The van der Waals surface area contributed by atoms with Crippen LogP contribution in [0.4, 0.5) is 0 Å². The Labute approximate surface area is 141 Å². The minimum Gasteiger partial charge on any atom is -0.469 e. The van der Waals surface area contributed by atoms with Crippen LogP contribution >= 0.6 is 0 Å². The fourth-order valence-corrected chi connectivity index (χ4v) is 5.04. The van der Waals surface area contributed by atoms with Crippen LogP contribution in [0.25, 0.3) is 0 Å². The Morgan fingerprint density at radius 2 is 1.54 bits per heavy atom. The zero-order chi connectivity index (χ0) is 16.3. The highest BCUT2D eigenvalue weighted by Crippen LogP contribution is 2.73. The molecule has 2 aromatic carbocycles. The van der Waals surface area contributed by atoms with Crippen molar-refractivity contribution < 1.29 is 14.6 Å². The molecule has 24 heavy (non-hydrogen) atoms. The maximum atomic E-state index is 11.1. The smallest absolute Gasteiger partial charge is 0.226 e. The van der Waals surface area contributed by atoms with Crippen LogP contribution in [0.5, 0.6) is 0 Å². The minimum absolute atomic E-state index is 0.501. The van der Waals surface area contributed by atoms with Crippen LogP contribution in [-0.2, 0) is 15.1 Å². The number of hydrogen-bond donors (Lipinski definition) is 1. The number of ether oxygens (including phenoxy) is 2. The van der Waals surface area contributed by atoms with Crippen molar-refractivity contribution in [3.8, 4) is 0 Å². The molecular formula is C21H20O3. The number of benzene rings is 2. The van der Waals surface area contributed by atoms with E-state index in [0.29, 0.717) is 0 Å². The summed E-state index contributed by atoms with van der Waals surface area (Å²) < 4.78 is 12.6. The van der Waals surface area contributed by atoms with Gasteiger partial charge in [-0.25, -0.2) is 0 Å². The van der Waals surface area contributed by atoms with Crippen LogP contribution in [0.2, 0.25) is 0 Å². The van der Waals surface area contributed by atoms with Crippen molar-refractivity contribution in [2.75, 3.05) is 0 Å². The van der Waals surface area contributed by atoms with Crippen LogP contribution in [0, 0.1) is 5.41 Å². The molecule has 3 atom stereocenters. The highest BCUT2D eigenvalue weighted by Gasteiger charge is 2.82. The van der Waals surface area contributed by atoms with Gasteiger partial charge >= 0.3 is 0 Å². The average Bonchev–Trinajstić information content (AvgIpc) is 2.95. The lowest BCUT2D eigenvalue weighted by Crippen LogP contribution is -2.78. The summed E-state index contributed by atoms with van der Waals surface area (Å²) in [6.07, 6.45) is 5.74. The van der Waals surface area contributed by atoms with Crippen LogP contribution in [0.1, 0.15) is 30.4 Å². The molecule has 122 valence electrons. The Bertz CT molecular complexity index is 746. The molecule has 1 aliphatic carbocycles. The molecule has 1 saturated carbocycles. The second-order valence-corrected chi connectivity index (χ2v) is 6.97. The fraction of sp³-hybridized carbons (Fsp3) is 0.333. The van der Waals surface area contributed by atoms with Crippen molar-refractivity contribution in [3.63, 3.8) is 0 Å². The molecule has 5 rings (SSSR count). The van der Waals surface area contributed by atoms with Gasteiger partial charge in [-0.15, -0.1) is 0 Å². The third-order valence-electron chi connectivity index (χ3n) is 5.99. The van der Waals surface area contributed by atoms with E-state index in [1.807, 2.05) is 42.5 Å². The topological polar surface area (TPSA) is 38.7 Å². The summed E-state index contributed by atoms with van der Waals surface area (Å²) in [5.74, 6) is -0.740. The van der Waals surface area contributed by atoms with Gasteiger partial charge in [0.05, 0.1) is 12.4 Å². The van der Waals surface area contributed by atoms with E-state index in [2.05, 4.69) is 24.3 Å². The standard InChI is InChI=1S/C21H20O3/c22-18-12-7-13-20-19(18,14-15-23-20)21(24-20,16-8-3-1-4-9-16)17-10-5-2-6-11-17/h1-6,8-11,14-15,18,22H,7,12-13H2/t18-,19-,20+/m0/s1. The molecule has 3 nitrogen and oxygen atoms in total. The Hall–Kier alpha value is -2.10. The molecule has 1 saturated heterocycles. The Morgan fingerprint density at radius 1 is 0.917 bits per heavy atom. The number of aliphatic hydroxyl groups is 1. The molecule has 0 bridgehead atoms. The van der Waals surface area contributed by atoms with E-state index in [1.54, 1.807) is 6.26 Å². The van der Waals surface area contributed by atoms with Gasteiger partial charge in [0.1, 0.15) is 11.0 Å². The summed E-state index contributed by atoms with van der Waals surface area (Å²) >= 11 is 0. The lowest BCUT2D eigenvalue weighted by molar-refractivity contribution is -0.455. The zero-order valence-corrected chi connectivity index (χ0v) is 13.4. The molecule has 3 heteroatoms. The second kappa shape index (κ2) is 4.71. The maximum Gasteiger partial charge on any atom is 0.226 e. The molecule has 2 heterocycles. The first kappa shape index (κ1) is 14.3. The molecule has 2 aliphatic heterocycles. The molecular weight excluding hydrogens is 300 g/mol. The summed E-state index contributed by atoms with van der Waals surface area (Å²) in [5, 5.41) is 11.1. The van der Waals surface area contributed by atoms with Crippen molar-refractivity contribution in [3.05, 3.63) is 84.1 Å². The molecule has 1 N–H and O–H groups in total. The highest BCUT2D eigenvalue weighted by atomic mass is 16.7. The summed E-state index contributed by atoms with van der Waals surface area (Å²) in [5.41, 5.74) is 0.814. The molecule has 2 fully saturated rings. The molecule has 0 radical (unpaired) electrons. The van der Waals surface area contributed by atoms with E-state index in [-0.39, 0.29) is 0 Å². The monoisotopic (exact) mass is 320 g/mol. The number of rotatable bonds is 2. The molecule has 0 spiro atoms. The van der Waals surface area contributed by atoms with Gasteiger partial charge in [0, 0.05) is 6.42 Å². The van der Waals surface area contributed by atoms with Gasteiger partial charge in [0.25, 0.3) is 0 Å². The zero-order valence-electron chi connectivity index (χ0n) is 13.4. The van der Waals surface area contributed by atoms with Crippen molar-refractivity contribution in [2.45, 2.75) is 36.8 Å². The van der Waals surface area contributed by atoms with E-state index in [1.165, 1.54) is 0 Å². The predicted molar refractivity (Wildman–Crippen MR) is 90.0 cm³/mol. The van der Waals surface area contributed by atoms with Crippen LogP contribution in [-0.4, -0.2) is 17.0 Å². The summed E-state index contributed by atoms with van der Waals surface area (Å²) in [7, 11) is 0. The van der Waals surface area contributed by atoms with Gasteiger partial charge in [0.2, 0.25) is 5.79 Å². The third kappa shape index (κ3) is 1.41. The van der Waals surface area contributed by atoms with Crippen molar-refractivity contribution in [2.24, 2.45) is 5.41 Å². The average molecular weight is 320 g/mol. The van der Waals surface area contributed by atoms with Crippen LogP contribution < -0.4 is 0 Å². The first-order valence-electron chi connectivity index (χ1n) is 8.60. The SMILES string of the molecule is O[C@H]1CCC[C@]23OC=C[C@]12C(c1ccccc1)(c1ccccc1)O3. The Kier molecular flexibility index (Phi) is 2.80. The van der Waals surface area contributed by atoms with Crippen molar-refractivity contribution >= 4 is 0 Å². The van der Waals surface area contributed by atoms with Gasteiger partial charge in [-0.1, -0.05) is 60.7 Å². The lowest BCUT2D eigenvalue weighted by atomic mass is 9.50. The first-order chi connectivity index (χ1) is 11.8. The van der Waals surface area contributed by atoms with E-state index >= 15 is 0 Å². The predicted octanol–water partition coefficient (Wildman–Crippen LogP) is 3.73. The van der Waals surface area contributed by atoms with E-state index in [0.717, 1.165) is 30.4 Å². The molecule has 0 aromatic heterocycles. The second-order valence-electron chi connectivity index (χ2n) is 6.97. The normalized spacial score (nSPS) is 35.5. The highest BCUT2D eigenvalue weighted by molar-refractivity contribution is 5.49. The Balaban J connectivity index is 1.80. The largest absolute Gasteiger partial charge is 0.469 e. The molecule has 3 aliphatic rings. The third-order valence-corrected chi connectivity index (χ3v) is 5.99. The van der Waals surface area contributed by atoms with Gasteiger partial charge in [0.15, 0.2) is 0 Å². The molecule has 0 unspecified atom stereocenters. The van der Waals surface area contributed by atoms with Gasteiger partial charge in [-0.05, 0) is 30.0 Å².